The minimum absolute atomic E-state index is 0.178. The van der Waals surface area contributed by atoms with E-state index in [-0.39, 0.29) is 5.41 Å². The van der Waals surface area contributed by atoms with E-state index in [9.17, 15) is 0 Å². The van der Waals surface area contributed by atoms with Gasteiger partial charge in [0.05, 0.1) is 0 Å². The lowest BCUT2D eigenvalue weighted by molar-refractivity contribution is 0.441. The summed E-state index contributed by atoms with van der Waals surface area (Å²) in [7, 11) is 0. The number of hydrogen-bond donors (Lipinski definition) is 1. The Kier molecular flexibility index (Phi) is 3.74. The standard InChI is InChI=1S/C14H19N5/c1-10-17-12(11-5-7-15-8-6-11)19-13(18-10)16-9-14(2,3)4/h5-8H,9H2,1-4H3,(H,16,17,18,19). The summed E-state index contributed by atoms with van der Waals surface area (Å²) in [5.41, 5.74) is 1.12. The number of rotatable bonds is 3. The highest BCUT2D eigenvalue weighted by Crippen LogP contribution is 2.17. The Bertz CT molecular complexity index is 546. The summed E-state index contributed by atoms with van der Waals surface area (Å²) >= 11 is 0. The van der Waals surface area contributed by atoms with E-state index >= 15 is 0 Å². The van der Waals surface area contributed by atoms with Crippen LogP contribution >= 0.6 is 0 Å². The molecule has 0 bridgehead atoms. The van der Waals surface area contributed by atoms with E-state index < -0.39 is 0 Å². The molecule has 19 heavy (non-hydrogen) atoms. The SMILES string of the molecule is Cc1nc(NCC(C)(C)C)nc(-c2ccncc2)n1. The Morgan fingerprint density at radius 3 is 2.37 bits per heavy atom. The van der Waals surface area contributed by atoms with Gasteiger partial charge in [0.2, 0.25) is 5.95 Å². The molecule has 2 aromatic rings. The van der Waals surface area contributed by atoms with Crippen molar-refractivity contribution in [1.82, 2.24) is 19.9 Å². The molecule has 0 aliphatic carbocycles. The van der Waals surface area contributed by atoms with Gasteiger partial charge in [0, 0.05) is 24.5 Å². The van der Waals surface area contributed by atoms with E-state index in [1.54, 1.807) is 12.4 Å². The maximum absolute atomic E-state index is 4.45. The van der Waals surface area contributed by atoms with Crippen LogP contribution in [-0.2, 0) is 0 Å². The van der Waals surface area contributed by atoms with E-state index in [2.05, 4.69) is 46.0 Å². The van der Waals surface area contributed by atoms with Gasteiger partial charge < -0.3 is 5.32 Å². The molecule has 0 saturated carbocycles. The number of aromatic nitrogens is 4. The minimum Gasteiger partial charge on any atom is -0.354 e. The van der Waals surface area contributed by atoms with Gasteiger partial charge in [-0.2, -0.15) is 9.97 Å². The summed E-state index contributed by atoms with van der Waals surface area (Å²) in [5.74, 6) is 2.00. The molecule has 2 aromatic heterocycles. The molecule has 0 amide bonds. The highest BCUT2D eigenvalue weighted by Gasteiger charge is 2.12. The molecule has 0 aromatic carbocycles. The Morgan fingerprint density at radius 2 is 1.74 bits per heavy atom. The first kappa shape index (κ1) is 13.4. The zero-order chi connectivity index (χ0) is 13.9. The third kappa shape index (κ3) is 3.98. The number of hydrogen-bond acceptors (Lipinski definition) is 5. The molecule has 5 heteroatoms. The lowest BCUT2D eigenvalue weighted by Gasteiger charge is -2.18. The molecular formula is C14H19N5. The lowest BCUT2D eigenvalue weighted by atomic mass is 9.97. The van der Waals surface area contributed by atoms with Crippen molar-refractivity contribution in [2.45, 2.75) is 27.7 Å². The third-order valence-electron chi connectivity index (χ3n) is 2.46. The smallest absolute Gasteiger partial charge is 0.226 e. The highest BCUT2D eigenvalue weighted by molar-refractivity contribution is 5.54. The van der Waals surface area contributed by atoms with E-state index in [1.165, 1.54) is 0 Å². The fourth-order valence-electron chi connectivity index (χ4n) is 1.54. The maximum atomic E-state index is 4.45. The molecule has 5 nitrogen and oxygen atoms in total. The van der Waals surface area contributed by atoms with Gasteiger partial charge >= 0.3 is 0 Å². The molecule has 0 aliphatic heterocycles. The molecule has 2 heterocycles. The van der Waals surface area contributed by atoms with Gasteiger partial charge in [-0.25, -0.2) is 4.98 Å². The summed E-state index contributed by atoms with van der Waals surface area (Å²) in [4.78, 5) is 17.1. The average molecular weight is 257 g/mol. The van der Waals surface area contributed by atoms with Crippen molar-refractivity contribution in [2.75, 3.05) is 11.9 Å². The van der Waals surface area contributed by atoms with Crippen LogP contribution in [0.5, 0.6) is 0 Å². The Hall–Kier alpha value is -2.04. The van der Waals surface area contributed by atoms with Gasteiger partial charge in [0.25, 0.3) is 0 Å². The second-order valence-electron chi connectivity index (χ2n) is 5.68. The molecule has 100 valence electrons. The van der Waals surface area contributed by atoms with Crippen molar-refractivity contribution in [3.63, 3.8) is 0 Å². The van der Waals surface area contributed by atoms with Crippen LogP contribution in [-0.4, -0.2) is 26.5 Å². The fourth-order valence-corrected chi connectivity index (χ4v) is 1.54. The van der Waals surface area contributed by atoms with Crippen LogP contribution in [0.4, 0.5) is 5.95 Å². The van der Waals surface area contributed by atoms with Gasteiger partial charge in [0.1, 0.15) is 5.82 Å². The molecule has 0 saturated heterocycles. The highest BCUT2D eigenvalue weighted by atomic mass is 15.2. The predicted octanol–water partition coefficient (Wildman–Crippen LogP) is 2.70. The number of pyridine rings is 1. The maximum Gasteiger partial charge on any atom is 0.226 e. The number of aryl methyl sites for hydroxylation is 1. The first-order valence-electron chi connectivity index (χ1n) is 6.31. The van der Waals surface area contributed by atoms with E-state index in [1.807, 2.05) is 19.1 Å². The third-order valence-corrected chi connectivity index (χ3v) is 2.46. The van der Waals surface area contributed by atoms with Crippen molar-refractivity contribution in [3.8, 4) is 11.4 Å². The van der Waals surface area contributed by atoms with Crippen LogP contribution in [0, 0.1) is 12.3 Å². The molecule has 0 unspecified atom stereocenters. The average Bonchev–Trinajstić information content (AvgIpc) is 2.36. The first-order valence-corrected chi connectivity index (χ1v) is 6.31. The number of anilines is 1. The van der Waals surface area contributed by atoms with Crippen molar-refractivity contribution < 1.29 is 0 Å². The predicted molar refractivity (Wildman–Crippen MR) is 75.7 cm³/mol. The van der Waals surface area contributed by atoms with Crippen LogP contribution in [0.2, 0.25) is 0 Å². The second-order valence-corrected chi connectivity index (χ2v) is 5.68. The molecular weight excluding hydrogens is 238 g/mol. The molecule has 0 spiro atoms. The zero-order valence-electron chi connectivity index (χ0n) is 11.8. The molecule has 2 rings (SSSR count). The first-order chi connectivity index (χ1) is 8.94. The lowest BCUT2D eigenvalue weighted by Crippen LogP contribution is -2.20. The molecule has 1 N–H and O–H groups in total. The molecule has 0 atom stereocenters. The van der Waals surface area contributed by atoms with Gasteiger partial charge in [-0.15, -0.1) is 0 Å². The van der Waals surface area contributed by atoms with Crippen molar-refractivity contribution in [1.29, 1.82) is 0 Å². The molecule has 0 aliphatic rings. The van der Waals surface area contributed by atoms with Crippen molar-refractivity contribution in [2.24, 2.45) is 5.41 Å². The topological polar surface area (TPSA) is 63.6 Å². The quantitative estimate of drug-likeness (QED) is 0.916. The largest absolute Gasteiger partial charge is 0.354 e. The molecule has 0 fully saturated rings. The normalized spacial score (nSPS) is 11.4. The Balaban J connectivity index is 2.25. The van der Waals surface area contributed by atoms with Crippen LogP contribution in [0.1, 0.15) is 26.6 Å². The summed E-state index contributed by atoms with van der Waals surface area (Å²) < 4.78 is 0. The monoisotopic (exact) mass is 257 g/mol. The van der Waals surface area contributed by atoms with Gasteiger partial charge in [-0.3, -0.25) is 4.98 Å². The van der Waals surface area contributed by atoms with Gasteiger partial charge in [-0.1, -0.05) is 20.8 Å². The van der Waals surface area contributed by atoms with E-state index in [0.29, 0.717) is 17.6 Å². The zero-order valence-corrected chi connectivity index (χ0v) is 11.8. The molecule has 0 radical (unpaired) electrons. The van der Waals surface area contributed by atoms with Crippen LogP contribution in [0.15, 0.2) is 24.5 Å². The van der Waals surface area contributed by atoms with Gasteiger partial charge in [0.15, 0.2) is 5.82 Å². The van der Waals surface area contributed by atoms with Crippen LogP contribution in [0.3, 0.4) is 0 Å². The van der Waals surface area contributed by atoms with Crippen LogP contribution in [0.25, 0.3) is 11.4 Å². The van der Waals surface area contributed by atoms with Crippen molar-refractivity contribution >= 4 is 5.95 Å². The fraction of sp³-hybridized carbons (Fsp3) is 0.429. The summed E-state index contributed by atoms with van der Waals surface area (Å²) in [6.07, 6.45) is 3.47. The van der Waals surface area contributed by atoms with Gasteiger partial charge in [-0.05, 0) is 24.5 Å². The van der Waals surface area contributed by atoms with E-state index in [4.69, 9.17) is 0 Å². The Morgan fingerprint density at radius 1 is 1.05 bits per heavy atom. The summed E-state index contributed by atoms with van der Waals surface area (Å²) in [6, 6.07) is 3.78. The summed E-state index contributed by atoms with van der Waals surface area (Å²) in [5, 5.41) is 3.26. The minimum atomic E-state index is 0.178. The number of nitrogens with zero attached hydrogens (tertiary/aromatic N) is 4. The summed E-state index contributed by atoms with van der Waals surface area (Å²) in [6.45, 7) is 9.17. The second kappa shape index (κ2) is 5.30. The van der Waals surface area contributed by atoms with Crippen molar-refractivity contribution in [3.05, 3.63) is 30.4 Å². The van der Waals surface area contributed by atoms with Crippen LogP contribution < -0.4 is 5.32 Å². The number of nitrogens with one attached hydrogen (secondary N) is 1. The Labute approximate surface area is 113 Å². The van der Waals surface area contributed by atoms with E-state index in [0.717, 1.165) is 12.1 Å².